The lowest BCUT2D eigenvalue weighted by Crippen LogP contribution is -2.52. The lowest BCUT2D eigenvalue weighted by molar-refractivity contribution is -0.136. The van der Waals surface area contributed by atoms with Gasteiger partial charge < -0.3 is 36.8 Å². The van der Waals surface area contributed by atoms with Crippen LogP contribution in [0, 0.1) is 11.8 Å². The summed E-state index contributed by atoms with van der Waals surface area (Å²) < 4.78 is 0. The van der Waals surface area contributed by atoms with Crippen LogP contribution in [-0.2, 0) is 19.2 Å². The molecule has 0 aromatic heterocycles. The van der Waals surface area contributed by atoms with E-state index in [1.807, 2.05) is 0 Å². The Labute approximate surface area is 169 Å². The van der Waals surface area contributed by atoms with E-state index in [9.17, 15) is 29.4 Å². The third-order valence-electron chi connectivity index (χ3n) is 5.61. The number of aliphatic hydroxyl groups is 2. The predicted octanol–water partition coefficient (Wildman–Crippen LogP) is -3.26. The van der Waals surface area contributed by atoms with Gasteiger partial charge in [-0.1, -0.05) is 0 Å². The fraction of sp³-hybridized carbons (Fsp3) is 0.778. The molecule has 2 heterocycles. The molecule has 2 fully saturated rings. The summed E-state index contributed by atoms with van der Waals surface area (Å²) in [5.41, 5.74) is 10.9. The molecule has 2 rings (SSSR count). The second-order valence-electron chi connectivity index (χ2n) is 7.94. The molecule has 6 atom stereocenters. The average molecular weight is 413 g/mol. The number of rotatable bonds is 7. The van der Waals surface area contributed by atoms with Crippen LogP contribution in [0.25, 0.3) is 0 Å². The summed E-state index contributed by atoms with van der Waals surface area (Å²) in [7, 11) is 0. The van der Waals surface area contributed by atoms with Gasteiger partial charge in [0, 0.05) is 26.2 Å². The van der Waals surface area contributed by atoms with Crippen molar-refractivity contribution in [3.05, 3.63) is 0 Å². The maximum absolute atomic E-state index is 12.8. The largest absolute Gasteiger partial charge is 0.391 e. The Bertz CT molecular complexity index is 655. The van der Waals surface area contributed by atoms with E-state index in [-0.39, 0.29) is 30.8 Å². The van der Waals surface area contributed by atoms with Crippen molar-refractivity contribution in [2.24, 2.45) is 23.3 Å². The monoisotopic (exact) mass is 413 g/mol. The lowest BCUT2D eigenvalue weighted by Gasteiger charge is -2.24. The van der Waals surface area contributed by atoms with Crippen molar-refractivity contribution in [3.63, 3.8) is 0 Å². The van der Waals surface area contributed by atoms with Crippen molar-refractivity contribution in [2.75, 3.05) is 26.2 Å². The van der Waals surface area contributed by atoms with E-state index in [0.717, 1.165) is 0 Å². The van der Waals surface area contributed by atoms with Gasteiger partial charge in [0.05, 0.1) is 24.0 Å². The first-order chi connectivity index (χ1) is 13.5. The van der Waals surface area contributed by atoms with Gasteiger partial charge >= 0.3 is 0 Å². The number of hydrogen-bond acceptors (Lipinski definition) is 7. The number of aliphatic hydroxyl groups excluding tert-OH is 2. The van der Waals surface area contributed by atoms with Gasteiger partial charge in [0.1, 0.15) is 12.1 Å². The summed E-state index contributed by atoms with van der Waals surface area (Å²) >= 11 is 0. The topological polar surface area (TPSA) is 179 Å². The molecular formula is C18H31N5O6. The summed E-state index contributed by atoms with van der Waals surface area (Å²) in [6, 6.07) is -2.20. The van der Waals surface area contributed by atoms with Crippen LogP contribution >= 0.6 is 0 Å². The Hall–Kier alpha value is -2.24. The van der Waals surface area contributed by atoms with Gasteiger partial charge in [-0.15, -0.1) is 0 Å². The molecule has 0 spiro atoms. The highest BCUT2D eigenvalue weighted by Gasteiger charge is 2.39. The van der Waals surface area contributed by atoms with Crippen LogP contribution in [-0.4, -0.2) is 94.1 Å². The minimum absolute atomic E-state index is 0.136. The number of hydrogen-bond donors (Lipinski definition) is 5. The molecule has 2 aliphatic heterocycles. The van der Waals surface area contributed by atoms with Crippen LogP contribution in [0.1, 0.15) is 26.7 Å². The number of likely N-dealkylation sites (tertiary alicyclic amines) is 2. The Morgan fingerprint density at radius 1 is 0.966 bits per heavy atom. The fourth-order valence-electron chi connectivity index (χ4n) is 3.71. The molecule has 0 aromatic rings. The van der Waals surface area contributed by atoms with Gasteiger partial charge in [-0.05, 0) is 26.7 Å². The molecule has 29 heavy (non-hydrogen) atoms. The molecule has 164 valence electrons. The van der Waals surface area contributed by atoms with Crippen LogP contribution < -0.4 is 16.8 Å². The van der Waals surface area contributed by atoms with Gasteiger partial charge in [0.15, 0.2) is 0 Å². The van der Waals surface area contributed by atoms with Gasteiger partial charge in [-0.2, -0.15) is 0 Å². The summed E-state index contributed by atoms with van der Waals surface area (Å²) in [6.45, 7) is 4.02. The Balaban J connectivity index is 1.88. The van der Waals surface area contributed by atoms with Crippen molar-refractivity contribution in [1.82, 2.24) is 15.1 Å². The molecule has 4 amide bonds. The Kier molecular flexibility index (Phi) is 7.55. The Morgan fingerprint density at radius 3 is 2.07 bits per heavy atom. The summed E-state index contributed by atoms with van der Waals surface area (Å²) in [4.78, 5) is 51.8. The van der Waals surface area contributed by atoms with Gasteiger partial charge in [0.25, 0.3) is 0 Å². The van der Waals surface area contributed by atoms with Crippen molar-refractivity contribution in [3.8, 4) is 0 Å². The highest BCUT2D eigenvalue weighted by molar-refractivity contribution is 5.89. The van der Waals surface area contributed by atoms with Gasteiger partial charge in [-0.3, -0.25) is 19.2 Å². The van der Waals surface area contributed by atoms with E-state index >= 15 is 0 Å². The molecule has 11 nitrogen and oxygen atoms in total. The molecule has 2 aliphatic rings. The normalized spacial score (nSPS) is 26.0. The first kappa shape index (κ1) is 23.0. The molecular weight excluding hydrogens is 382 g/mol. The minimum atomic E-state index is -1.18. The van der Waals surface area contributed by atoms with Crippen LogP contribution in [0.4, 0.5) is 0 Å². The molecule has 0 radical (unpaired) electrons. The summed E-state index contributed by atoms with van der Waals surface area (Å²) in [5.74, 6) is -2.66. The maximum atomic E-state index is 12.8. The number of nitrogens with two attached hydrogens (primary N) is 2. The van der Waals surface area contributed by atoms with E-state index in [1.165, 1.54) is 18.7 Å². The van der Waals surface area contributed by atoms with Crippen molar-refractivity contribution in [2.45, 2.75) is 51.0 Å². The minimum Gasteiger partial charge on any atom is -0.391 e. The highest BCUT2D eigenvalue weighted by atomic mass is 16.3. The fourth-order valence-corrected chi connectivity index (χ4v) is 3.71. The molecule has 0 aromatic carbocycles. The summed E-state index contributed by atoms with van der Waals surface area (Å²) in [6.07, 6.45) is -1.16. The molecule has 0 aliphatic carbocycles. The Morgan fingerprint density at radius 2 is 1.52 bits per heavy atom. The highest BCUT2D eigenvalue weighted by Crippen LogP contribution is 2.24. The van der Waals surface area contributed by atoms with E-state index in [1.54, 1.807) is 4.90 Å². The van der Waals surface area contributed by atoms with E-state index in [2.05, 4.69) is 5.32 Å². The molecule has 2 saturated heterocycles. The third-order valence-corrected chi connectivity index (χ3v) is 5.61. The first-order valence-corrected chi connectivity index (χ1v) is 9.81. The zero-order chi connectivity index (χ0) is 21.9. The molecule has 0 unspecified atom stereocenters. The number of carbonyl (C=O) groups is 4. The van der Waals surface area contributed by atoms with Crippen LogP contribution in [0.2, 0.25) is 0 Å². The SMILES string of the molecule is C[C@@H](O)[C@H](N)C(=O)N1CC[C@H](C(=O)N2CC[C@H](C(=O)N[C@H](C(N)=O)[C@@H](C)O)C2)C1. The van der Waals surface area contributed by atoms with Crippen molar-refractivity contribution in [1.29, 1.82) is 0 Å². The number of amides is 4. The van der Waals surface area contributed by atoms with Crippen LogP contribution in [0.15, 0.2) is 0 Å². The van der Waals surface area contributed by atoms with E-state index < -0.39 is 42.0 Å². The lowest BCUT2D eigenvalue weighted by atomic mass is 10.1. The van der Waals surface area contributed by atoms with E-state index in [4.69, 9.17) is 11.5 Å². The summed E-state index contributed by atoms with van der Waals surface area (Å²) in [5, 5.41) is 21.5. The number of primary amides is 1. The number of carbonyl (C=O) groups excluding carboxylic acids is 4. The second-order valence-corrected chi connectivity index (χ2v) is 7.94. The molecule has 11 heteroatoms. The number of nitrogens with zero attached hydrogens (tertiary/aromatic N) is 2. The van der Waals surface area contributed by atoms with E-state index in [0.29, 0.717) is 25.9 Å². The molecule has 0 saturated carbocycles. The number of nitrogens with one attached hydrogen (secondary N) is 1. The first-order valence-electron chi connectivity index (χ1n) is 9.81. The maximum Gasteiger partial charge on any atom is 0.242 e. The standard InChI is InChI=1S/C18H31N5O6/c1-9(24)13(19)18(29)23-6-4-12(8-23)17(28)22-5-3-11(7-22)16(27)21-14(10(2)25)15(20)26/h9-14,24-25H,3-8,19H2,1-2H3,(H2,20,26)(H,21,27)/t9-,10-,11+,12+,13+,14+/m1/s1. The second kappa shape index (κ2) is 9.51. The smallest absolute Gasteiger partial charge is 0.242 e. The van der Waals surface area contributed by atoms with Crippen molar-refractivity contribution < 1.29 is 29.4 Å². The zero-order valence-corrected chi connectivity index (χ0v) is 16.8. The third kappa shape index (κ3) is 5.43. The predicted molar refractivity (Wildman–Crippen MR) is 102 cm³/mol. The zero-order valence-electron chi connectivity index (χ0n) is 16.8. The molecule has 0 bridgehead atoms. The van der Waals surface area contributed by atoms with Gasteiger partial charge in [-0.25, -0.2) is 0 Å². The molecule has 7 N–H and O–H groups in total. The van der Waals surface area contributed by atoms with Crippen LogP contribution in [0.3, 0.4) is 0 Å². The average Bonchev–Trinajstić information content (AvgIpc) is 3.33. The van der Waals surface area contributed by atoms with Crippen molar-refractivity contribution >= 4 is 23.6 Å². The van der Waals surface area contributed by atoms with Gasteiger partial charge in [0.2, 0.25) is 23.6 Å². The quantitative estimate of drug-likeness (QED) is 0.290. The van der Waals surface area contributed by atoms with Crippen LogP contribution in [0.5, 0.6) is 0 Å².